The van der Waals surface area contributed by atoms with Crippen molar-refractivity contribution >= 4 is 13.3 Å². The van der Waals surface area contributed by atoms with Gasteiger partial charge in [-0.05, 0) is 23.3 Å². The van der Waals surface area contributed by atoms with Crippen LogP contribution in [0.1, 0.15) is 0 Å². The van der Waals surface area contributed by atoms with Crippen LogP contribution in [-0.4, -0.2) is 17.8 Å². The SMILES string of the molecule is Bc1cncc(-c2ccncc2)c1. The number of hydrogen-bond acceptors (Lipinski definition) is 2. The van der Waals surface area contributed by atoms with Gasteiger partial charge < -0.3 is 0 Å². The highest BCUT2D eigenvalue weighted by Crippen LogP contribution is 2.14. The molecule has 2 heterocycles. The van der Waals surface area contributed by atoms with Crippen LogP contribution in [0.25, 0.3) is 11.1 Å². The van der Waals surface area contributed by atoms with Crippen LogP contribution in [0.3, 0.4) is 0 Å². The molecule has 0 atom stereocenters. The molecule has 2 rings (SSSR count). The lowest BCUT2D eigenvalue weighted by Gasteiger charge is -2.00. The van der Waals surface area contributed by atoms with Gasteiger partial charge in [0.25, 0.3) is 0 Å². The Kier molecular flexibility index (Phi) is 2.09. The van der Waals surface area contributed by atoms with Crippen molar-refractivity contribution in [3.05, 3.63) is 43.0 Å². The van der Waals surface area contributed by atoms with E-state index in [1.165, 1.54) is 5.46 Å². The van der Waals surface area contributed by atoms with Crippen LogP contribution in [0, 0.1) is 0 Å². The van der Waals surface area contributed by atoms with Gasteiger partial charge in [0, 0.05) is 24.8 Å². The van der Waals surface area contributed by atoms with Crippen LogP contribution in [0.15, 0.2) is 43.0 Å². The molecule has 0 bridgehead atoms. The zero-order chi connectivity index (χ0) is 9.10. The van der Waals surface area contributed by atoms with Crippen molar-refractivity contribution < 1.29 is 0 Å². The third-order valence-corrected chi connectivity index (χ3v) is 1.89. The Morgan fingerprint density at radius 3 is 2.38 bits per heavy atom. The highest BCUT2D eigenvalue weighted by atomic mass is 14.6. The lowest BCUT2D eigenvalue weighted by atomic mass is 9.95. The number of pyridine rings is 2. The average molecular weight is 168 g/mol. The molecule has 0 aliphatic heterocycles. The molecular formula is C10H9BN2. The van der Waals surface area contributed by atoms with Gasteiger partial charge in [0.15, 0.2) is 0 Å². The van der Waals surface area contributed by atoms with Crippen molar-refractivity contribution in [1.82, 2.24) is 9.97 Å². The van der Waals surface area contributed by atoms with Crippen molar-refractivity contribution in [1.29, 1.82) is 0 Å². The molecule has 2 nitrogen and oxygen atoms in total. The fraction of sp³-hybridized carbons (Fsp3) is 0. The molecule has 0 spiro atoms. The zero-order valence-corrected chi connectivity index (χ0v) is 7.44. The molecule has 13 heavy (non-hydrogen) atoms. The van der Waals surface area contributed by atoms with Gasteiger partial charge in [-0.15, -0.1) is 0 Å². The van der Waals surface area contributed by atoms with E-state index in [9.17, 15) is 0 Å². The molecule has 0 aromatic carbocycles. The Bertz CT molecular complexity index is 401. The Balaban J connectivity index is 2.48. The smallest absolute Gasteiger partial charge is 0.141 e. The summed E-state index contributed by atoms with van der Waals surface area (Å²) >= 11 is 0. The number of hydrogen-bond donors (Lipinski definition) is 0. The monoisotopic (exact) mass is 168 g/mol. The van der Waals surface area contributed by atoms with Crippen molar-refractivity contribution in [3.8, 4) is 11.1 Å². The van der Waals surface area contributed by atoms with Crippen molar-refractivity contribution in [2.24, 2.45) is 0 Å². The second-order valence-electron chi connectivity index (χ2n) is 2.99. The molecule has 0 amide bonds. The number of aromatic nitrogens is 2. The second-order valence-corrected chi connectivity index (χ2v) is 2.99. The first-order valence-electron chi connectivity index (χ1n) is 4.18. The fourth-order valence-electron chi connectivity index (χ4n) is 1.26. The lowest BCUT2D eigenvalue weighted by molar-refractivity contribution is 1.31. The maximum atomic E-state index is 4.14. The average Bonchev–Trinajstić information content (AvgIpc) is 2.19. The molecule has 3 heteroatoms. The van der Waals surface area contributed by atoms with Gasteiger partial charge in [-0.1, -0.05) is 11.5 Å². The zero-order valence-electron chi connectivity index (χ0n) is 7.44. The largest absolute Gasteiger partial charge is 0.265 e. The van der Waals surface area contributed by atoms with E-state index < -0.39 is 0 Å². The van der Waals surface area contributed by atoms with Gasteiger partial charge in [-0.2, -0.15) is 0 Å². The van der Waals surface area contributed by atoms with Crippen molar-refractivity contribution in [2.75, 3.05) is 0 Å². The molecule has 0 unspecified atom stereocenters. The summed E-state index contributed by atoms with van der Waals surface area (Å²) < 4.78 is 0. The van der Waals surface area contributed by atoms with Gasteiger partial charge in [0.05, 0.1) is 0 Å². The van der Waals surface area contributed by atoms with Crippen LogP contribution in [0.2, 0.25) is 0 Å². The fourth-order valence-corrected chi connectivity index (χ4v) is 1.26. The highest BCUT2D eigenvalue weighted by molar-refractivity contribution is 6.32. The molecular weight excluding hydrogens is 159 g/mol. The summed E-state index contributed by atoms with van der Waals surface area (Å²) in [6, 6.07) is 6.08. The van der Waals surface area contributed by atoms with Gasteiger partial charge in [-0.25, -0.2) is 0 Å². The van der Waals surface area contributed by atoms with E-state index in [1.807, 2.05) is 32.4 Å². The predicted octanol–water partition coefficient (Wildman–Crippen LogP) is 0.402. The van der Waals surface area contributed by atoms with Crippen LogP contribution in [0.5, 0.6) is 0 Å². The highest BCUT2D eigenvalue weighted by Gasteiger charge is 1.95. The first-order chi connectivity index (χ1) is 6.36. The van der Waals surface area contributed by atoms with E-state index in [-0.39, 0.29) is 0 Å². The topological polar surface area (TPSA) is 25.8 Å². The number of rotatable bonds is 1. The minimum absolute atomic E-state index is 1.14. The Morgan fingerprint density at radius 2 is 1.69 bits per heavy atom. The van der Waals surface area contributed by atoms with Crippen molar-refractivity contribution in [2.45, 2.75) is 0 Å². The minimum Gasteiger partial charge on any atom is -0.265 e. The van der Waals surface area contributed by atoms with Gasteiger partial charge in [-0.3, -0.25) is 9.97 Å². The van der Waals surface area contributed by atoms with Crippen molar-refractivity contribution in [3.63, 3.8) is 0 Å². The van der Waals surface area contributed by atoms with E-state index in [1.54, 1.807) is 12.4 Å². The Labute approximate surface area is 78.1 Å². The summed E-state index contributed by atoms with van der Waals surface area (Å²) in [6.07, 6.45) is 7.29. The molecule has 0 saturated carbocycles. The van der Waals surface area contributed by atoms with Gasteiger partial charge in [0.1, 0.15) is 7.85 Å². The Hall–Kier alpha value is -1.64. The molecule has 2 aromatic rings. The van der Waals surface area contributed by atoms with Gasteiger partial charge >= 0.3 is 0 Å². The van der Waals surface area contributed by atoms with Gasteiger partial charge in [0.2, 0.25) is 0 Å². The minimum atomic E-state index is 1.14. The second kappa shape index (κ2) is 3.39. The molecule has 0 N–H and O–H groups in total. The molecule has 62 valence electrons. The maximum Gasteiger partial charge on any atom is 0.141 e. The summed E-state index contributed by atoms with van der Waals surface area (Å²) in [6.45, 7) is 0. The maximum absolute atomic E-state index is 4.14. The number of nitrogens with zero attached hydrogens (tertiary/aromatic N) is 2. The van der Waals surface area contributed by atoms with Crippen LogP contribution < -0.4 is 5.46 Å². The lowest BCUT2D eigenvalue weighted by Crippen LogP contribution is -2.02. The normalized spacial score (nSPS) is 9.85. The molecule has 0 radical (unpaired) electrons. The van der Waals surface area contributed by atoms with E-state index in [0.717, 1.165) is 11.1 Å². The molecule has 0 fully saturated rings. The third-order valence-electron chi connectivity index (χ3n) is 1.89. The van der Waals surface area contributed by atoms with E-state index in [0.29, 0.717) is 0 Å². The summed E-state index contributed by atoms with van der Waals surface area (Å²) in [5.41, 5.74) is 3.47. The summed E-state index contributed by atoms with van der Waals surface area (Å²) in [5, 5.41) is 0. The summed E-state index contributed by atoms with van der Waals surface area (Å²) in [4.78, 5) is 8.11. The molecule has 2 aromatic heterocycles. The van der Waals surface area contributed by atoms with Crippen LogP contribution >= 0.6 is 0 Å². The quantitative estimate of drug-likeness (QED) is 0.576. The standard InChI is InChI=1S/C10H9BN2/c11-10-5-9(6-13-7-10)8-1-3-12-4-2-8/h1-7H,11H2. The predicted molar refractivity (Wildman–Crippen MR) is 55.6 cm³/mol. The molecule has 0 aliphatic carbocycles. The first kappa shape index (κ1) is 7.99. The molecule has 0 aliphatic rings. The third kappa shape index (κ3) is 1.75. The molecule has 0 saturated heterocycles. The van der Waals surface area contributed by atoms with E-state index in [2.05, 4.69) is 16.0 Å². The van der Waals surface area contributed by atoms with E-state index in [4.69, 9.17) is 0 Å². The van der Waals surface area contributed by atoms with Crippen LogP contribution in [-0.2, 0) is 0 Å². The summed E-state index contributed by atoms with van der Waals surface area (Å²) in [5.74, 6) is 0. The first-order valence-corrected chi connectivity index (χ1v) is 4.18. The van der Waals surface area contributed by atoms with Crippen LogP contribution in [0.4, 0.5) is 0 Å². The summed E-state index contributed by atoms with van der Waals surface area (Å²) in [7, 11) is 2.04. The van der Waals surface area contributed by atoms with E-state index >= 15 is 0 Å². The Morgan fingerprint density at radius 1 is 0.923 bits per heavy atom.